The summed E-state index contributed by atoms with van der Waals surface area (Å²) in [4.78, 5) is 14.2. The lowest BCUT2D eigenvalue weighted by Gasteiger charge is -2.35. The summed E-state index contributed by atoms with van der Waals surface area (Å²) in [6.07, 6.45) is 5.22. The van der Waals surface area contributed by atoms with Crippen LogP contribution >= 0.6 is 12.4 Å². The smallest absolute Gasteiger partial charge is 0.234 e. The van der Waals surface area contributed by atoms with Gasteiger partial charge in [0.2, 0.25) is 5.91 Å². The number of nitrogens with one attached hydrogen (secondary N) is 1. The Morgan fingerprint density at radius 2 is 2.00 bits per heavy atom. The van der Waals surface area contributed by atoms with E-state index in [1.165, 1.54) is 25.7 Å². The average molecular weight is 275 g/mol. The summed E-state index contributed by atoms with van der Waals surface area (Å²) in [5, 5.41) is 3.31. The normalized spacial score (nSPS) is 33.6. The van der Waals surface area contributed by atoms with E-state index in [9.17, 15) is 4.79 Å². The van der Waals surface area contributed by atoms with Crippen molar-refractivity contribution < 1.29 is 4.79 Å². The Bertz CT molecular complexity index is 294. The molecule has 0 aliphatic heterocycles. The topological polar surface area (TPSA) is 32.3 Å². The summed E-state index contributed by atoms with van der Waals surface area (Å²) in [5.74, 6) is 1.82. The minimum absolute atomic E-state index is 0. The van der Waals surface area contributed by atoms with Crippen LogP contribution in [0.25, 0.3) is 0 Å². The number of hydrogen-bond donors (Lipinski definition) is 1. The number of carbonyl (C=O) groups is 1. The molecule has 0 unspecified atom stereocenters. The number of halogens is 1. The van der Waals surface area contributed by atoms with Crippen molar-refractivity contribution in [2.24, 2.45) is 11.8 Å². The first-order valence-electron chi connectivity index (χ1n) is 7.10. The maximum absolute atomic E-state index is 12.1. The Morgan fingerprint density at radius 1 is 1.33 bits per heavy atom. The van der Waals surface area contributed by atoms with Gasteiger partial charge in [-0.15, -0.1) is 12.4 Å². The summed E-state index contributed by atoms with van der Waals surface area (Å²) in [7, 11) is 0. The highest BCUT2D eigenvalue weighted by molar-refractivity contribution is 5.85. The summed E-state index contributed by atoms with van der Waals surface area (Å²) in [6, 6.07) is 0. The van der Waals surface area contributed by atoms with Crippen molar-refractivity contribution in [1.29, 1.82) is 0 Å². The van der Waals surface area contributed by atoms with Gasteiger partial charge in [-0.25, -0.2) is 0 Å². The molecule has 0 radical (unpaired) electrons. The molecule has 1 amide bonds. The summed E-state index contributed by atoms with van der Waals surface area (Å²) in [6.45, 7) is 8.92. The first-order valence-corrected chi connectivity index (χ1v) is 7.10. The van der Waals surface area contributed by atoms with E-state index >= 15 is 0 Å². The van der Waals surface area contributed by atoms with E-state index in [0.717, 1.165) is 24.9 Å². The maximum Gasteiger partial charge on any atom is 0.234 e. The molecule has 2 rings (SSSR count). The fraction of sp³-hybridized carbons (Fsp3) is 0.929. The van der Waals surface area contributed by atoms with Crippen molar-refractivity contribution in [3.05, 3.63) is 0 Å². The van der Waals surface area contributed by atoms with Crippen molar-refractivity contribution in [2.75, 3.05) is 19.6 Å². The van der Waals surface area contributed by atoms with Crippen LogP contribution in [0.2, 0.25) is 0 Å². The molecule has 18 heavy (non-hydrogen) atoms. The number of fused-ring (bicyclic) bond motifs is 2. The number of likely N-dealkylation sites (N-methyl/N-ethyl adjacent to an activating group) is 1. The molecule has 0 saturated heterocycles. The lowest BCUT2D eigenvalue weighted by Crippen LogP contribution is -2.52. The second-order valence-corrected chi connectivity index (χ2v) is 6.01. The molecule has 0 spiro atoms. The van der Waals surface area contributed by atoms with Gasteiger partial charge < -0.3 is 5.32 Å². The second-order valence-electron chi connectivity index (χ2n) is 6.01. The maximum atomic E-state index is 12.1. The Morgan fingerprint density at radius 3 is 2.44 bits per heavy atom. The van der Waals surface area contributed by atoms with Gasteiger partial charge in [0, 0.05) is 5.54 Å². The van der Waals surface area contributed by atoms with Crippen LogP contribution in [-0.4, -0.2) is 36.0 Å². The number of hydrogen-bond acceptors (Lipinski definition) is 2. The third-order valence-electron chi connectivity index (χ3n) is 4.84. The molecular weight excluding hydrogens is 248 g/mol. The number of rotatable bonds is 5. The monoisotopic (exact) mass is 274 g/mol. The predicted octanol–water partition coefficient (Wildman–Crippen LogP) is 2.44. The van der Waals surface area contributed by atoms with E-state index in [2.05, 4.69) is 31.0 Å². The van der Waals surface area contributed by atoms with Gasteiger partial charge in [0.25, 0.3) is 0 Å². The van der Waals surface area contributed by atoms with Crippen LogP contribution in [0, 0.1) is 11.8 Å². The van der Waals surface area contributed by atoms with Crippen LogP contribution < -0.4 is 5.32 Å². The van der Waals surface area contributed by atoms with Gasteiger partial charge in [0.05, 0.1) is 6.54 Å². The van der Waals surface area contributed by atoms with E-state index in [-0.39, 0.29) is 23.9 Å². The zero-order valence-electron chi connectivity index (χ0n) is 11.9. The molecule has 1 N–H and O–H groups in total. The number of amides is 1. The fourth-order valence-electron chi connectivity index (χ4n) is 3.77. The molecular formula is C14H27ClN2O. The Balaban J connectivity index is 0.00000162. The lowest BCUT2D eigenvalue weighted by molar-refractivity contribution is -0.124. The highest BCUT2D eigenvalue weighted by atomic mass is 35.5. The largest absolute Gasteiger partial charge is 0.350 e. The summed E-state index contributed by atoms with van der Waals surface area (Å²) in [5.41, 5.74) is 0.0904. The van der Waals surface area contributed by atoms with E-state index in [1.807, 2.05) is 0 Å². The Labute approximate surface area is 117 Å². The minimum Gasteiger partial charge on any atom is -0.350 e. The van der Waals surface area contributed by atoms with Crippen LogP contribution in [0.1, 0.15) is 46.5 Å². The highest BCUT2D eigenvalue weighted by Gasteiger charge is 2.48. The molecule has 106 valence electrons. The molecule has 4 heteroatoms. The van der Waals surface area contributed by atoms with Crippen LogP contribution in [0.15, 0.2) is 0 Å². The van der Waals surface area contributed by atoms with Crippen LogP contribution in [0.5, 0.6) is 0 Å². The van der Waals surface area contributed by atoms with Crippen LogP contribution in [0.4, 0.5) is 0 Å². The molecule has 3 nitrogen and oxygen atoms in total. The van der Waals surface area contributed by atoms with Crippen LogP contribution in [0.3, 0.4) is 0 Å². The van der Waals surface area contributed by atoms with E-state index in [1.54, 1.807) is 0 Å². The van der Waals surface area contributed by atoms with Crippen molar-refractivity contribution >= 4 is 18.3 Å². The third kappa shape index (κ3) is 3.18. The Hall–Kier alpha value is -0.280. The minimum atomic E-state index is 0. The van der Waals surface area contributed by atoms with Crippen molar-refractivity contribution in [2.45, 2.75) is 52.0 Å². The van der Waals surface area contributed by atoms with E-state index in [0.29, 0.717) is 6.54 Å². The van der Waals surface area contributed by atoms with Crippen LogP contribution in [-0.2, 0) is 4.79 Å². The van der Waals surface area contributed by atoms with E-state index in [4.69, 9.17) is 0 Å². The molecule has 2 saturated carbocycles. The molecule has 0 aromatic heterocycles. The molecule has 0 aromatic rings. The molecule has 2 aliphatic carbocycles. The SMILES string of the molecule is CCN(CC)CC(=O)N[C@]1(C)C[C@H]2CC[C@@H]1C2.Cl. The molecule has 3 atom stereocenters. The molecule has 2 bridgehead atoms. The van der Waals surface area contributed by atoms with Crippen molar-refractivity contribution in [3.63, 3.8) is 0 Å². The number of nitrogens with zero attached hydrogens (tertiary/aromatic N) is 1. The van der Waals surface area contributed by atoms with Gasteiger partial charge in [0.1, 0.15) is 0 Å². The first kappa shape index (κ1) is 15.8. The molecule has 2 aliphatic rings. The summed E-state index contributed by atoms with van der Waals surface area (Å²) < 4.78 is 0. The third-order valence-corrected chi connectivity index (χ3v) is 4.84. The van der Waals surface area contributed by atoms with Gasteiger partial charge >= 0.3 is 0 Å². The summed E-state index contributed by atoms with van der Waals surface area (Å²) >= 11 is 0. The quantitative estimate of drug-likeness (QED) is 0.835. The standard InChI is InChI=1S/C14H26N2O.ClH/c1-4-16(5-2)10-13(17)15-14(3)9-11-6-7-12(14)8-11;/h11-12H,4-10H2,1-3H3,(H,15,17);1H/t11-,12+,14+;/m0./s1. The Kier molecular flexibility index (Phi) is 5.47. The molecule has 2 fully saturated rings. The fourth-order valence-corrected chi connectivity index (χ4v) is 3.77. The molecule has 0 aromatic carbocycles. The van der Waals surface area contributed by atoms with Gasteiger partial charge in [0.15, 0.2) is 0 Å². The highest BCUT2D eigenvalue weighted by Crippen LogP contribution is 2.50. The number of carbonyl (C=O) groups excluding carboxylic acids is 1. The van der Waals surface area contributed by atoms with Gasteiger partial charge in [-0.3, -0.25) is 9.69 Å². The molecule has 0 heterocycles. The lowest BCUT2D eigenvalue weighted by atomic mass is 9.82. The van der Waals surface area contributed by atoms with Gasteiger partial charge in [-0.05, 0) is 57.5 Å². The zero-order chi connectivity index (χ0) is 12.5. The first-order chi connectivity index (χ1) is 8.07. The van der Waals surface area contributed by atoms with E-state index < -0.39 is 0 Å². The van der Waals surface area contributed by atoms with Crippen molar-refractivity contribution in [1.82, 2.24) is 10.2 Å². The predicted molar refractivity (Wildman–Crippen MR) is 77.0 cm³/mol. The second kappa shape index (κ2) is 6.25. The van der Waals surface area contributed by atoms with Crippen molar-refractivity contribution in [3.8, 4) is 0 Å². The zero-order valence-corrected chi connectivity index (χ0v) is 12.7. The average Bonchev–Trinajstić information content (AvgIpc) is 2.85. The van der Waals surface area contributed by atoms with Gasteiger partial charge in [-0.1, -0.05) is 13.8 Å². The van der Waals surface area contributed by atoms with Gasteiger partial charge in [-0.2, -0.15) is 0 Å².